The van der Waals surface area contributed by atoms with Crippen molar-refractivity contribution in [1.82, 2.24) is 10.6 Å². The molecule has 2 N–H and O–H groups in total. The zero-order valence-electron chi connectivity index (χ0n) is 11.9. The summed E-state index contributed by atoms with van der Waals surface area (Å²) in [6.45, 7) is -1.56. The van der Waals surface area contributed by atoms with Crippen LogP contribution in [-0.2, 0) is 4.79 Å². The van der Waals surface area contributed by atoms with Crippen LogP contribution in [0.25, 0.3) is 0 Å². The van der Waals surface area contributed by atoms with Gasteiger partial charge in [-0.1, -0.05) is 18.6 Å². The highest BCUT2D eigenvalue weighted by molar-refractivity contribution is 5.78. The highest BCUT2D eigenvalue weighted by Crippen LogP contribution is 2.34. The quantitative estimate of drug-likeness (QED) is 0.820. The maximum absolute atomic E-state index is 12.9. The Hall–Kier alpha value is -1.63. The Kier molecular flexibility index (Phi) is 5.39. The lowest BCUT2D eigenvalue weighted by Gasteiger charge is -2.21. The zero-order chi connectivity index (χ0) is 16.2. The lowest BCUT2D eigenvalue weighted by atomic mass is 9.94. The second-order valence-electron chi connectivity index (χ2n) is 5.48. The van der Waals surface area contributed by atoms with Gasteiger partial charge in [-0.2, -0.15) is 13.2 Å². The molecule has 0 bridgehead atoms. The first-order chi connectivity index (χ1) is 10.3. The normalized spacial score (nSPS) is 21.8. The molecule has 3 nitrogen and oxygen atoms in total. The minimum Gasteiger partial charge on any atom is -0.352 e. The van der Waals surface area contributed by atoms with Crippen LogP contribution in [-0.4, -0.2) is 31.2 Å². The Bertz CT molecular complexity index is 501. The van der Waals surface area contributed by atoms with Gasteiger partial charge in [-0.15, -0.1) is 0 Å². The molecule has 1 fully saturated rings. The molecule has 7 heteroatoms. The van der Waals surface area contributed by atoms with Crippen molar-refractivity contribution in [3.05, 3.63) is 35.6 Å². The van der Waals surface area contributed by atoms with Gasteiger partial charge in [-0.25, -0.2) is 4.39 Å². The Balaban J connectivity index is 1.86. The van der Waals surface area contributed by atoms with E-state index in [1.54, 1.807) is 12.1 Å². The lowest BCUT2D eigenvalue weighted by molar-refractivity contribution is -0.128. The van der Waals surface area contributed by atoms with Crippen molar-refractivity contribution in [3.63, 3.8) is 0 Å². The van der Waals surface area contributed by atoms with Gasteiger partial charge in [-0.3, -0.25) is 4.79 Å². The topological polar surface area (TPSA) is 41.1 Å². The van der Waals surface area contributed by atoms with Crippen LogP contribution in [0.15, 0.2) is 24.3 Å². The molecule has 0 heterocycles. The van der Waals surface area contributed by atoms with E-state index >= 15 is 0 Å². The Morgan fingerprint density at radius 1 is 1.18 bits per heavy atom. The van der Waals surface area contributed by atoms with E-state index in [9.17, 15) is 22.4 Å². The number of carbonyl (C=O) groups is 1. The molecule has 0 unspecified atom stereocenters. The Labute approximate surface area is 126 Å². The van der Waals surface area contributed by atoms with Gasteiger partial charge in [0.2, 0.25) is 5.91 Å². The van der Waals surface area contributed by atoms with Crippen LogP contribution in [0.1, 0.15) is 30.7 Å². The van der Waals surface area contributed by atoms with Crippen molar-refractivity contribution in [2.45, 2.75) is 37.4 Å². The minimum absolute atomic E-state index is 0.0761. The Morgan fingerprint density at radius 2 is 1.86 bits per heavy atom. The molecule has 22 heavy (non-hydrogen) atoms. The van der Waals surface area contributed by atoms with Crippen molar-refractivity contribution in [2.75, 3.05) is 13.1 Å². The van der Waals surface area contributed by atoms with E-state index in [1.165, 1.54) is 12.1 Å². The number of hydrogen-bond donors (Lipinski definition) is 2. The van der Waals surface area contributed by atoms with Crippen molar-refractivity contribution >= 4 is 5.91 Å². The highest BCUT2D eigenvalue weighted by Gasteiger charge is 2.30. The first-order valence-electron chi connectivity index (χ1n) is 7.17. The van der Waals surface area contributed by atoms with E-state index in [-0.39, 0.29) is 24.3 Å². The van der Waals surface area contributed by atoms with Gasteiger partial charge in [0.05, 0.1) is 13.1 Å². The third kappa shape index (κ3) is 4.98. The molecule has 2 atom stereocenters. The predicted octanol–water partition coefficient (Wildman–Crippen LogP) is 2.73. The molecular formula is C15H18F4N2O. The highest BCUT2D eigenvalue weighted by atomic mass is 19.4. The predicted molar refractivity (Wildman–Crippen MR) is 73.8 cm³/mol. The molecule has 1 aromatic carbocycles. The maximum Gasteiger partial charge on any atom is 0.401 e. The molecule has 0 radical (unpaired) electrons. The largest absolute Gasteiger partial charge is 0.401 e. The summed E-state index contributed by atoms with van der Waals surface area (Å²) in [7, 11) is 0. The zero-order valence-corrected chi connectivity index (χ0v) is 11.9. The van der Waals surface area contributed by atoms with Gasteiger partial charge in [0.25, 0.3) is 0 Å². The molecule has 0 spiro atoms. The molecule has 1 aliphatic rings. The van der Waals surface area contributed by atoms with Crippen LogP contribution in [0.2, 0.25) is 0 Å². The Morgan fingerprint density at radius 3 is 2.50 bits per heavy atom. The first-order valence-corrected chi connectivity index (χ1v) is 7.17. The fourth-order valence-electron chi connectivity index (χ4n) is 2.82. The molecule has 1 amide bonds. The summed E-state index contributed by atoms with van der Waals surface area (Å²) in [5.74, 6) is -0.700. The van der Waals surface area contributed by atoms with E-state index in [1.807, 2.05) is 0 Å². The van der Waals surface area contributed by atoms with Crippen LogP contribution in [0.3, 0.4) is 0 Å². The van der Waals surface area contributed by atoms with Gasteiger partial charge < -0.3 is 10.6 Å². The van der Waals surface area contributed by atoms with Crippen LogP contribution >= 0.6 is 0 Å². The number of amides is 1. The molecule has 1 aromatic rings. The summed E-state index contributed by atoms with van der Waals surface area (Å²) >= 11 is 0. The summed E-state index contributed by atoms with van der Waals surface area (Å²) in [5, 5.41) is 4.84. The van der Waals surface area contributed by atoms with Gasteiger partial charge in [0.15, 0.2) is 0 Å². The van der Waals surface area contributed by atoms with Crippen LogP contribution in [0, 0.1) is 5.82 Å². The van der Waals surface area contributed by atoms with Crippen molar-refractivity contribution < 1.29 is 22.4 Å². The van der Waals surface area contributed by atoms with Crippen molar-refractivity contribution in [1.29, 1.82) is 0 Å². The number of hydrogen-bond acceptors (Lipinski definition) is 2. The SMILES string of the molecule is O=C(CNCC(F)(F)F)N[C@H]1CCC[C@@H]1c1ccc(F)cc1. The number of benzene rings is 1. The smallest absolute Gasteiger partial charge is 0.352 e. The third-order valence-electron chi connectivity index (χ3n) is 3.77. The summed E-state index contributed by atoms with van der Waals surface area (Å²) in [4.78, 5) is 11.7. The fourth-order valence-corrected chi connectivity index (χ4v) is 2.82. The van der Waals surface area contributed by atoms with Crippen molar-refractivity contribution in [3.8, 4) is 0 Å². The minimum atomic E-state index is -4.33. The third-order valence-corrected chi connectivity index (χ3v) is 3.77. The second kappa shape index (κ2) is 7.09. The van der Waals surface area contributed by atoms with Gasteiger partial charge in [-0.05, 0) is 30.5 Å². The van der Waals surface area contributed by atoms with E-state index in [0.29, 0.717) is 0 Å². The average molecular weight is 318 g/mol. The van der Waals surface area contributed by atoms with Gasteiger partial charge in [0.1, 0.15) is 5.82 Å². The number of rotatable bonds is 5. The average Bonchev–Trinajstić information content (AvgIpc) is 2.86. The molecular weight excluding hydrogens is 300 g/mol. The standard InChI is InChI=1S/C15H18F4N2O/c16-11-6-4-10(5-7-11)12-2-1-3-13(12)21-14(22)8-20-9-15(17,18)19/h4-7,12-13,20H,1-3,8-9H2,(H,21,22)/t12-,13+/m1/s1. The van der Waals surface area contributed by atoms with E-state index < -0.39 is 18.6 Å². The second-order valence-corrected chi connectivity index (χ2v) is 5.48. The van der Waals surface area contributed by atoms with Gasteiger partial charge in [0, 0.05) is 12.0 Å². The molecule has 1 saturated carbocycles. The van der Waals surface area contributed by atoms with Crippen LogP contribution < -0.4 is 10.6 Å². The first kappa shape index (κ1) is 16.7. The van der Waals surface area contributed by atoms with Crippen molar-refractivity contribution in [2.24, 2.45) is 0 Å². The molecule has 0 aromatic heterocycles. The monoisotopic (exact) mass is 318 g/mol. The van der Waals surface area contributed by atoms with E-state index in [2.05, 4.69) is 10.6 Å². The maximum atomic E-state index is 12.9. The molecule has 122 valence electrons. The molecule has 0 saturated heterocycles. The summed E-state index contributed by atoms with van der Waals surface area (Å²) in [5.41, 5.74) is 0.937. The molecule has 2 rings (SSSR count). The lowest BCUT2D eigenvalue weighted by Crippen LogP contribution is -2.43. The fraction of sp³-hybridized carbons (Fsp3) is 0.533. The number of alkyl halides is 3. The summed E-state index contributed by atoms with van der Waals surface area (Å²) < 4.78 is 49.0. The number of nitrogens with one attached hydrogen (secondary N) is 2. The molecule has 1 aliphatic carbocycles. The molecule has 0 aliphatic heterocycles. The van der Waals surface area contributed by atoms with E-state index in [0.717, 1.165) is 24.8 Å². The van der Waals surface area contributed by atoms with E-state index in [4.69, 9.17) is 0 Å². The summed E-state index contributed by atoms with van der Waals surface area (Å²) in [6.07, 6.45) is -1.77. The number of carbonyl (C=O) groups excluding carboxylic acids is 1. The number of halogens is 4. The van der Waals surface area contributed by atoms with Gasteiger partial charge >= 0.3 is 6.18 Å². The summed E-state index contributed by atoms with van der Waals surface area (Å²) in [6, 6.07) is 6.00. The van der Waals surface area contributed by atoms with Crippen LogP contribution in [0.4, 0.5) is 17.6 Å². The van der Waals surface area contributed by atoms with Crippen LogP contribution in [0.5, 0.6) is 0 Å².